The number of phenols is 1. The van der Waals surface area contributed by atoms with E-state index in [0.717, 1.165) is 5.56 Å². The van der Waals surface area contributed by atoms with Gasteiger partial charge in [-0.25, -0.2) is 4.79 Å². The van der Waals surface area contributed by atoms with E-state index < -0.39 is 17.6 Å². The second-order valence-corrected chi connectivity index (χ2v) is 5.65. The van der Waals surface area contributed by atoms with Crippen LogP contribution in [-0.4, -0.2) is 45.1 Å². The van der Waals surface area contributed by atoms with E-state index in [1.54, 1.807) is 19.1 Å². The first-order valence-electron chi connectivity index (χ1n) is 6.93. The monoisotopic (exact) mass is 292 g/mol. The van der Waals surface area contributed by atoms with Gasteiger partial charge in [-0.3, -0.25) is 4.79 Å². The van der Waals surface area contributed by atoms with Gasteiger partial charge in [0.15, 0.2) is 0 Å². The molecular formula is C15H20N2O4. The Hall–Kier alpha value is -2.08. The van der Waals surface area contributed by atoms with Gasteiger partial charge in [0.1, 0.15) is 11.3 Å². The minimum atomic E-state index is -1.16. The van der Waals surface area contributed by atoms with Crippen molar-refractivity contribution in [2.45, 2.75) is 37.8 Å². The molecule has 0 aliphatic carbocycles. The predicted molar refractivity (Wildman–Crippen MR) is 76.8 cm³/mol. The van der Waals surface area contributed by atoms with Gasteiger partial charge in [-0.15, -0.1) is 0 Å². The van der Waals surface area contributed by atoms with Crippen LogP contribution in [-0.2, 0) is 16.0 Å². The molecular weight excluding hydrogens is 272 g/mol. The van der Waals surface area contributed by atoms with E-state index in [1.807, 2.05) is 0 Å². The molecule has 2 atom stereocenters. The van der Waals surface area contributed by atoms with Crippen LogP contribution in [0.3, 0.4) is 0 Å². The number of aliphatic carboxylic acids is 1. The van der Waals surface area contributed by atoms with Crippen molar-refractivity contribution >= 4 is 11.9 Å². The number of carbonyl (C=O) groups is 2. The van der Waals surface area contributed by atoms with E-state index in [-0.39, 0.29) is 11.7 Å². The minimum absolute atomic E-state index is 0.150. The lowest BCUT2D eigenvalue weighted by Crippen LogP contribution is -2.55. The van der Waals surface area contributed by atoms with Crippen LogP contribution in [0, 0.1) is 0 Å². The topological polar surface area (TPSA) is 104 Å². The number of phenolic OH excluding ortho intramolecular Hbond substituents is 1. The molecule has 1 heterocycles. The van der Waals surface area contributed by atoms with Gasteiger partial charge in [0, 0.05) is 6.54 Å². The summed E-state index contributed by atoms with van der Waals surface area (Å²) in [6, 6.07) is 5.67. The second-order valence-electron chi connectivity index (χ2n) is 5.65. The number of benzene rings is 1. The summed E-state index contributed by atoms with van der Waals surface area (Å²) < 4.78 is 0. The lowest BCUT2D eigenvalue weighted by molar-refractivity contribution is -0.155. The molecule has 1 aromatic carbocycles. The Morgan fingerprint density at radius 2 is 2.00 bits per heavy atom. The number of hydrogen-bond donors (Lipinski definition) is 3. The molecule has 0 bridgehead atoms. The number of rotatable bonds is 4. The number of hydrogen-bond acceptors (Lipinski definition) is 4. The Bertz CT molecular complexity index is 543. The van der Waals surface area contributed by atoms with Gasteiger partial charge in [0.25, 0.3) is 0 Å². The Morgan fingerprint density at radius 3 is 2.57 bits per heavy atom. The number of nitrogens with two attached hydrogens (primary N) is 1. The smallest absolute Gasteiger partial charge is 0.329 e. The highest BCUT2D eigenvalue weighted by Gasteiger charge is 2.46. The number of amides is 1. The van der Waals surface area contributed by atoms with Crippen LogP contribution in [0.5, 0.6) is 5.75 Å². The largest absolute Gasteiger partial charge is 0.508 e. The van der Waals surface area contributed by atoms with E-state index >= 15 is 0 Å². The lowest BCUT2D eigenvalue weighted by Gasteiger charge is -2.33. The summed E-state index contributed by atoms with van der Waals surface area (Å²) in [6.45, 7) is 1.98. The average molecular weight is 292 g/mol. The second kappa shape index (κ2) is 5.73. The highest BCUT2D eigenvalue weighted by atomic mass is 16.4. The van der Waals surface area contributed by atoms with Crippen LogP contribution in [0.4, 0.5) is 0 Å². The van der Waals surface area contributed by atoms with Crippen LogP contribution < -0.4 is 5.73 Å². The first-order valence-corrected chi connectivity index (χ1v) is 6.93. The van der Waals surface area contributed by atoms with Crippen LogP contribution in [0.2, 0.25) is 0 Å². The van der Waals surface area contributed by atoms with Gasteiger partial charge < -0.3 is 20.8 Å². The molecule has 2 rings (SSSR count). The van der Waals surface area contributed by atoms with E-state index in [9.17, 15) is 19.8 Å². The van der Waals surface area contributed by atoms with Gasteiger partial charge in [-0.05, 0) is 43.9 Å². The standard InChI is InChI=1S/C15H20N2O4/c1-15(14(20)21)7-2-8-17(15)13(19)12(16)9-10-3-5-11(18)6-4-10/h3-6,12,18H,2,7-9,16H2,1H3,(H,20,21)/t12-,15?/m0/s1. The third-order valence-corrected chi connectivity index (χ3v) is 4.08. The fourth-order valence-electron chi connectivity index (χ4n) is 2.71. The molecule has 1 unspecified atom stereocenters. The molecule has 0 radical (unpaired) electrons. The molecule has 1 saturated heterocycles. The SMILES string of the molecule is CC1(C(=O)O)CCCN1C(=O)[C@@H](N)Cc1ccc(O)cc1. The molecule has 21 heavy (non-hydrogen) atoms. The summed E-state index contributed by atoms with van der Waals surface area (Å²) in [5, 5.41) is 18.6. The molecule has 1 aliphatic rings. The molecule has 114 valence electrons. The first-order chi connectivity index (χ1) is 9.84. The number of nitrogens with zero attached hydrogens (tertiary/aromatic N) is 1. The summed E-state index contributed by atoms with van der Waals surface area (Å²) in [7, 11) is 0. The van der Waals surface area contributed by atoms with Gasteiger partial charge >= 0.3 is 5.97 Å². The number of carboxylic acid groups (broad SMARTS) is 1. The number of aromatic hydroxyl groups is 1. The van der Waals surface area contributed by atoms with E-state index in [4.69, 9.17) is 5.73 Å². The molecule has 0 aromatic heterocycles. The molecule has 6 heteroatoms. The van der Waals surface area contributed by atoms with Crippen LogP contribution >= 0.6 is 0 Å². The summed E-state index contributed by atoms with van der Waals surface area (Å²) in [6.07, 6.45) is 1.42. The third kappa shape index (κ3) is 3.00. The summed E-state index contributed by atoms with van der Waals surface area (Å²) in [5.74, 6) is -1.19. The zero-order valence-electron chi connectivity index (χ0n) is 12.0. The van der Waals surface area contributed by atoms with E-state index in [0.29, 0.717) is 25.8 Å². The number of carboxylic acids is 1. The summed E-state index contributed by atoms with van der Waals surface area (Å²) in [4.78, 5) is 25.2. The minimum Gasteiger partial charge on any atom is -0.508 e. The normalized spacial score (nSPS) is 23.0. The maximum Gasteiger partial charge on any atom is 0.329 e. The third-order valence-electron chi connectivity index (χ3n) is 4.08. The molecule has 0 spiro atoms. The van der Waals surface area contributed by atoms with Crippen molar-refractivity contribution in [3.05, 3.63) is 29.8 Å². The molecule has 0 saturated carbocycles. The van der Waals surface area contributed by atoms with Gasteiger partial charge in [0.2, 0.25) is 5.91 Å². The molecule has 1 aromatic rings. The zero-order chi connectivity index (χ0) is 15.6. The molecule has 1 aliphatic heterocycles. The van der Waals surface area contributed by atoms with E-state index in [1.165, 1.54) is 17.0 Å². The van der Waals surface area contributed by atoms with E-state index in [2.05, 4.69) is 0 Å². The Balaban J connectivity index is 2.08. The predicted octanol–water partition coefficient (Wildman–Crippen LogP) is 0.728. The van der Waals surface area contributed by atoms with Crippen molar-refractivity contribution in [1.29, 1.82) is 0 Å². The fraction of sp³-hybridized carbons (Fsp3) is 0.467. The van der Waals surface area contributed by atoms with Crippen molar-refractivity contribution in [1.82, 2.24) is 4.90 Å². The fourth-order valence-corrected chi connectivity index (χ4v) is 2.71. The molecule has 6 nitrogen and oxygen atoms in total. The zero-order valence-corrected chi connectivity index (χ0v) is 12.0. The Labute approximate surface area is 123 Å². The molecule has 4 N–H and O–H groups in total. The average Bonchev–Trinajstić information content (AvgIpc) is 2.84. The number of carbonyl (C=O) groups excluding carboxylic acids is 1. The van der Waals surface area contributed by atoms with Crippen molar-refractivity contribution in [2.75, 3.05) is 6.54 Å². The summed E-state index contributed by atoms with van der Waals surface area (Å²) >= 11 is 0. The van der Waals surface area contributed by atoms with Crippen LogP contribution in [0.15, 0.2) is 24.3 Å². The van der Waals surface area contributed by atoms with Gasteiger partial charge in [-0.2, -0.15) is 0 Å². The van der Waals surface area contributed by atoms with Crippen molar-refractivity contribution in [3.63, 3.8) is 0 Å². The Kier molecular flexibility index (Phi) is 4.18. The van der Waals surface area contributed by atoms with Crippen LogP contribution in [0.1, 0.15) is 25.3 Å². The first kappa shape index (κ1) is 15.3. The van der Waals surface area contributed by atoms with Crippen molar-refractivity contribution in [3.8, 4) is 5.75 Å². The molecule has 1 amide bonds. The lowest BCUT2D eigenvalue weighted by atomic mass is 9.97. The highest BCUT2D eigenvalue weighted by molar-refractivity contribution is 5.90. The Morgan fingerprint density at radius 1 is 1.38 bits per heavy atom. The van der Waals surface area contributed by atoms with Gasteiger partial charge in [0.05, 0.1) is 6.04 Å². The van der Waals surface area contributed by atoms with Gasteiger partial charge in [-0.1, -0.05) is 12.1 Å². The maximum absolute atomic E-state index is 12.4. The molecule has 1 fully saturated rings. The number of likely N-dealkylation sites (tertiary alicyclic amines) is 1. The maximum atomic E-state index is 12.4. The highest BCUT2D eigenvalue weighted by Crippen LogP contribution is 2.30. The van der Waals surface area contributed by atoms with Crippen LogP contribution in [0.25, 0.3) is 0 Å². The summed E-state index contributed by atoms with van der Waals surface area (Å²) in [5.41, 5.74) is 5.60. The van der Waals surface area contributed by atoms with Crippen molar-refractivity contribution < 1.29 is 19.8 Å². The quantitative estimate of drug-likeness (QED) is 0.759. The van der Waals surface area contributed by atoms with Crippen molar-refractivity contribution in [2.24, 2.45) is 5.73 Å².